The largest absolute Gasteiger partial charge is 0.325 e. The normalized spacial score (nSPS) is 10.4. The van der Waals surface area contributed by atoms with Crippen molar-refractivity contribution in [3.63, 3.8) is 0 Å². The SMILES string of the molecule is CCCCCCC(=O)Nc1cc(Cl)c(Cl)cc1Cl. The Hall–Kier alpha value is -0.440. The highest BCUT2D eigenvalue weighted by molar-refractivity contribution is 6.44. The van der Waals surface area contributed by atoms with Gasteiger partial charge in [-0.15, -0.1) is 0 Å². The van der Waals surface area contributed by atoms with Gasteiger partial charge in [-0.3, -0.25) is 4.79 Å². The summed E-state index contributed by atoms with van der Waals surface area (Å²) in [4.78, 5) is 11.7. The fourth-order valence-electron chi connectivity index (χ4n) is 1.54. The van der Waals surface area contributed by atoms with Gasteiger partial charge in [0.25, 0.3) is 0 Å². The molecule has 0 atom stereocenters. The highest BCUT2D eigenvalue weighted by atomic mass is 35.5. The molecule has 1 amide bonds. The average molecular weight is 309 g/mol. The van der Waals surface area contributed by atoms with Crippen LogP contribution in [0.1, 0.15) is 39.0 Å². The van der Waals surface area contributed by atoms with Crippen molar-refractivity contribution in [2.24, 2.45) is 0 Å². The molecule has 0 aromatic heterocycles. The Morgan fingerprint density at radius 2 is 1.72 bits per heavy atom. The van der Waals surface area contributed by atoms with Gasteiger partial charge >= 0.3 is 0 Å². The second-order valence-electron chi connectivity index (χ2n) is 4.10. The van der Waals surface area contributed by atoms with Gasteiger partial charge in [-0.05, 0) is 18.6 Å². The van der Waals surface area contributed by atoms with E-state index in [1.807, 2.05) is 0 Å². The number of hydrogen-bond donors (Lipinski definition) is 1. The minimum Gasteiger partial charge on any atom is -0.325 e. The van der Waals surface area contributed by atoms with Crippen molar-refractivity contribution >= 4 is 46.4 Å². The first-order chi connectivity index (χ1) is 8.54. The summed E-state index contributed by atoms with van der Waals surface area (Å²) in [5.74, 6) is -0.0496. The highest BCUT2D eigenvalue weighted by Crippen LogP contribution is 2.32. The average Bonchev–Trinajstić information content (AvgIpc) is 2.32. The van der Waals surface area contributed by atoms with Crippen LogP contribution in [0.3, 0.4) is 0 Å². The Morgan fingerprint density at radius 1 is 1.06 bits per heavy atom. The van der Waals surface area contributed by atoms with Gasteiger partial charge in [0.1, 0.15) is 0 Å². The molecular formula is C13H16Cl3NO. The van der Waals surface area contributed by atoms with Gasteiger partial charge in [0.05, 0.1) is 20.8 Å². The minimum atomic E-state index is -0.0496. The fourth-order valence-corrected chi connectivity index (χ4v) is 2.14. The van der Waals surface area contributed by atoms with E-state index >= 15 is 0 Å². The van der Waals surface area contributed by atoms with Crippen molar-refractivity contribution in [1.82, 2.24) is 0 Å². The van der Waals surface area contributed by atoms with Crippen molar-refractivity contribution in [2.75, 3.05) is 5.32 Å². The first-order valence-corrected chi connectivity index (χ1v) is 7.12. The predicted molar refractivity (Wildman–Crippen MR) is 78.9 cm³/mol. The molecular weight excluding hydrogens is 293 g/mol. The summed E-state index contributed by atoms with van der Waals surface area (Å²) >= 11 is 17.7. The molecule has 0 saturated heterocycles. The Labute approximate surface area is 123 Å². The quantitative estimate of drug-likeness (QED) is 0.541. The molecule has 0 heterocycles. The van der Waals surface area contributed by atoms with E-state index in [9.17, 15) is 4.79 Å². The molecule has 0 aliphatic carbocycles. The molecule has 0 aliphatic heterocycles. The maximum Gasteiger partial charge on any atom is 0.224 e. The lowest BCUT2D eigenvalue weighted by molar-refractivity contribution is -0.116. The molecule has 0 bridgehead atoms. The predicted octanol–water partition coefficient (Wildman–Crippen LogP) is 5.56. The molecule has 0 radical (unpaired) electrons. The number of amides is 1. The van der Waals surface area contributed by atoms with Crippen LogP contribution in [0.15, 0.2) is 12.1 Å². The standard InChI is InChI=1S/C13H16Cl3NO/c1-2-3-4-5-6-13(18)17-12-8-10(15)9(14)7-11(12)16/h7-8H,2-6H2,1H3,(H,17,18). The van der Waals surface area contributed by atoms with Gasteiger partial charge < -0.3 is 5.32 Å². The topological polar surface area (TPSA) is 29.1 Å². The van der Waals surface area contributed by atoms with Crippen LogP contribution in [0.2, 0.25) is 15.1 Å². The number of nitrogens with one attached hydrogen (secondary N) is 1. The van der Waals surface area contributed by atoms with Gasteiger partial charge in [-0.25, -0.2) is 0 Å². The molecule has 0 saturated carbocycles. The smallest absolute Gasteiger partial charge is 0.224 e. The first kappa shape index (κ1) is 15.6. The molecule has 100 valence electrons. The molecule has 2 nitrogen and oxygen atoms in total. The summed E-state index contributed by atoms with van der Waals surface area (Å²) in [5, 5.41) is 3.89. The minimum absolute atomic E-state index is 0.0496. The summed E-state index contributed by atoms with van der Waals surface area (Å²) in [6.07, 6.45) is 4.76. The summed E-state index contributed by atoms with van der Waals surface area (Å²) in [7, 11) is 0. The number of benzene rings is 1. The monoisotopic (exact) mass is 307 g/mol. The maximum atomic E-state index is 11.7. The molecule has 18 heavy (non-hydrogen) atoms. The van der Waals surface area contributed by atoms with Gasteiger partial charge in [0.15, 0.2) is 0 Å². The second-order valence-corrected chi connectivity index (χ2v) is 5.33. The van der Waals surface area contributed by atoms with Gasteiger partial charge in [0, 0.05) is 6.42 Å². The molecule has 1 aromatic carbocycles. The molecule has 0 aliphatic rings. The third-order valence-corrected chi connectivity index (χ3v) is 3.58. The van der Waals surface area contributed by atoms with E-state index in [1.165, 1.54) is 6.07 Å². The molecule has 0 fully saturated rings. The summed E-state index contributed by atoms with van der Waals surface area (Å²) in [5.41, 5.74) is 0.506. The van der Waals surface area contributed by atoms with Crippen LogP contribution in [0, 0.1) is 0 Å². The zero-order valence-electron chi connectivity index (χ0n) is 10.2. The van der Waals surface area contributed by atoms with Crippen LogP contribution >= 0.6 is 34.8 Å². The summed E-state index contributed by atoms with van der Waals surface area (Å²) in [6.45, 7) is 2.13. The Bertz CT molecular complexity index is 421. The zero-order valence-corrected chi connectivity index (χ0v) is 12.5. The van der Waals surface area contributed by atoms with Crippen molar-refractivity contribution < 1.29 is 4.79 Å². The molecule has 1 rings (SSSR count). The summed E-state index contributed by atoms with van der Waals surface area (Å²) in [6, 6.07) is 3.09. The number of unbranched alkanes of at least 4 members (excludes halogenated alkanes) is 3. The van der Waals surface area contributed by atoms with E-state index in [1.54, 1.807) is 6.07 Å². The van der Waals surface area contributed by atoms with Gasteiger partial charge in [-0.2, -0.15) is 0 Å². The Balaban J connectivity index is 2.51. The van der Waals surface area contributed by atoms with Crippen LogP contribution in [-0.4, -0.2) is 5.91 Å². The molecule has 1 N–H and O–H groups in total. The lowest BCUT2D eigenvalue weighted by Crippen LogP contribution is -2.11. The third-order valence-electron chi connectivity index (χ3n) is 2.54. The highest BCUT2D eigenvalue weighted by Gasteiger charge is 2.09. The molecule has 0 unspecified atom stereocenters. The Morgan fingerprint density at radius 3 is 2.39 bits per heavy atom. The lowest BCUT2D eigenvalue weighted by atomic mass is 10.1. The van der Waals surface area contributed by atoms with Crippen LogP contribution in [-0.2, 0) is 4.79 Å². The van der Waals surface area contributed by atoms with Gasteiger partial charge in [-0.1, -0.05) is 61.0 Å². The lowest BCUT2D eigenvalue weighted by Gasteiger charge is -2.08. The number of carbonyl (C=O) groups is 1. The molecule has 1 aromatic rings. The zero-order chi connectivity index (χ0) is 13.5. The number of anilines is 1. The van der Waals surface area contributed by atoms with Crippen LogP contribution in [0.4, 0.5) is 5.69 Å². The van der Waals surface area contributed by atoms with E-state index in [4.69, 9.17) is 34.8 Å². The first-order valence-electron chi connectivity index (χ1n) is 5.99. The van der Waals surface area contributed by atoms with Gasteiger partial charge in [0.2, 0.25) is 5.91 Å². The number of hydrogen-bond acceptors (Lipinski definition) is 1. The van der Waals surface area contributed by atoms with E-state index < -0.39 is 0 Å². The van der Waals surface area contributed by atoms with E-state index in [0.717, 1.165) is 25.7 Å². The molecule has 0 spiro atoms. The number of carbonyl (C=O) groups excluding carboxylic acids is 1. The van der Waals surface area contributed by atoms with Crippen molar-refractivity contribution in [3.8, 4) is 0 Å². The molecule has 5 heteroatoms. The van der Waals surface area contributed by atoms with E-state index in [2.05, 4.69) is 12.2 Å². The third kappa shape index (κ3) is 5.05. The maximum absolute atomic E-state index is 11.7. The van der Waals surface area contributed by atoms with E-state index in [0.29, 0.717) is 27.2 Å². The second kappa shape index (κ2) is 7.88. The number of halogens is 3. The fraction of sp³-hybridized carbons (Fsp3) is 0.462. The Kier molecular flexibility index (Phi) is 6.83. The van der Waals surface area contributed by atoms with Crippen LogP contribution in [0.25, 0.3) is 0 Å². The summed E-state index contributed by atoms with van der Waals surface area (Å²) < 4.78 is 0. The van der Waals surface area contributed by atoms with E-state index in [-0.39, 0.29) is 5.91 Å². The van der Waals surface area contributed by atoms with Crippen molar-refractivity contribution in [1.29, 1.82) is 0 Å². The van der Waals surface area contributed by atoms with Crippen LogP contribution < -0.4 is 5.32 Å². The van der Waals surface area contributed by atoms with Crippen LogP contribution in [0.5, 0.6) is 0 Å². The number of rotatable bonds is 6. The van der Waals surface area contributed by atoms with Crippen molar-refractivity contribution in [3.05, 3.63) is 27.2 Å². The van der Waals surface area contributed by atoms with Crippen molar-refractivity contribution in [2.45, 2.75) is 39.0 Å².